The van der Waals surface area contributed by atoms with Crippen molar-refractivity contribution in [3.05, 3.63) is 47.3 Å². The Hall–Kier alpha value is -2.67. The summed E-state index contributed by atoms with van der Waals surface area (Å²) in [4.78, 5) is 25.7. The number of para-hydroxylation sites is 1. The Morgan fingerprint density at radius 3 is 2.78 bits per heavy atom. The molecule has 1 atom stereocenters. The molecule has 1 aliphatic rings. The van der Waals surface area contributed by atoms with Crippen LogP contribution in [0.5, 0.6) is 0 Å². The minimum Gasteiger partial charge on any atom is -0.481 e. The van der Waals surface area contributed by atoms with E-state index < -0.39 is 5.97 Å². The summed E-state index contributed by atoms with van der Waals surface area (Å²) in [7, 11) is 0. The molecule has 1 aromatic heterocycles. The van der Waals surface area contributed by atoms with Gasteiger partial charge >= 0.3 is 5.97 Å². The van der Waals surface area contributed by atoms with Crippen molar-refractivity contribution in [2.45, 2.75) is 39.2 Å². The van der Waals surface area contributed by atoms with E-state index in [0.29, 0.717) is 18.7 Å². The van der Waals surface area contributed by atoms with Gasteiger partial charge in [0.05, 0.1) is 35.7 Å². The molecule has 0 spiro atoms. The molecule has 7 nitrogen and oxygen atoms in total. The first-order valence-electron chi connectivity index (χ1n) is 9.20. The van der Waals surface area contributed by atoms with E-state index in [1.165, 1.54) is 0 Å². The number of hydrogen-bond acceptors (Lipinski definition) is 4. The molecule has 1 amide bonds. The lowest BCUT2D eigenvalue weighted by Gasteiger charge is -2.25. The van der Waals surface area contributed by atoms with Gasteiger partial charge in [0.25, 0.3) is 5.91 Å². The zero-order chi connectivity index (χ0) is 19.4. The molecule has 1 saturated heterocycles. The normalized spacial score (nSPS) is 16.4. The lowest BCUT2D eigenvalue weighted by atomic mass is 10.1. The summed E-state index contributed by atoms with van der Waals surface area (Å²) in [6, 6.07) is 7.84. The van der Waals surface area contributed by atoms with Crippen LogP contribution in [0, 0.1) is 13.8 Å². The van der Waals surface area contributed by atoms with E-state index in [1.54, 1.807) is 15.8 Å². The first kappa shape index (κ1) is 19.1. The van der Waals surface area contributed by atoms with E-state index in [4.69, 9.17) is 9.84 Å². The summed E-state index contributed by atoms with van der Waals surface area (Å²) in [6.45, 7) is 5.10. The second-order valence-electron chi connectivity index (χ2n) is 6.87. The van der Waals surface area contributed by atoms with Crippen LogP contribution >= 0.6 is 0 Å². The molecule has 1 fully saturated rings. The van der Waals surface area contributed by atoms with Crippen LogP contribution in [-0.2, 0) is 9.53 Å². The zero-order valence-electron chi connectivity index (χ0n) is 15.7. The third-order valence-electron chi connectivity index (χ3n) is 4.91. The number of aliphatic carboxylic acids is 1. The molecule has 0 radical (unpaired) electrons. The third kappa shape index (κ3) is 4.36. The van der Waals surface area contributed by atoms with Crippen LogP contribution in [0.15, 0.2) is 30.5 Å². The summed E-state index contributed by atoms with van der Waals surface area (Å²) in [5.41, 5.74) is 3.21. The van der Waals surface area contributed by atoms with Gasteiger partial charge < -0.3 is 14.7 Å². The molecule has 3 rings (SSSR count). The van der Waals surface area contributed by atoms with E-state index in [-0.39, 0.29) is 25.0 Å². The lowest BCUT2D eigenvalue weighted by molar-refractivity contribution is -0.137. The molecule has 1 aromatic carbocycles. The number of carboxylic acids is 1. The quantitative estimate of drug-likeness (QED) is 0.809. The maximum Gasteiger partial charge on any atom is 0.305 e. The van der Waals surface area contributed by atoms with Crippen molar-refractivity contribution in [2.24, 2.45) is 0 Å². The third-order valence-corrected chi connectivity index (χ3v) is 4.91. The molecule has 144 valence electrons. The fraction of sp³-hybridized carbons (Fsp3) is 0.450. The number of nitrogens with zero attached hydrogens (tertiary/aromatic N) is 3. The summed E-state index contributed by atoms with van der Waals surface area (Å²) in [5, 5.41) is 13.4. The highest BCUT2D eigenvalue weighted by atomic mass is 16.5. The molecule has 0 saturated carbocycles. The second kappa shape index (κ2) is 8.35. The SMILES string of the molecule is Cc1ccccc1-n1ncc(C(=O)N(CCC(=O)O)C[C@@H]2CCCO2)c1C. The summed E-state index contributed by atoms with van der Waals surface area (Å²) in [5.74, 6) is -1.13. The number of carbonyl (C=O) groups is 2. The summed E-state index contributed by atoms with van der Waals surface area (Å²) in [6.07, 6.45) is 3.29. The second-order valence-corrected chi connectivity index (χ2v) is 6.87. The van der Waals surface area contributed by atoms with E-state index in [1.807, 2.05) is 38.1 Å². The molecule has 2 aromatic rings. The van der Waals surface area contributed by atoms with E-state index >= 15 is 0 Å². The highest BCUT2D eigenvalue weighted by Crippen LogP contribution is 2.20. The topological polar surface area (TPSA) is 84.7 Å². The average molecular weight is 371 g/mol. The number of rotatable bonds is 7. The Kier molecular flexibility index (Phi) is 5.91. The molecular weight excluding hydrogens is 346 g/mol. The number of benzene rings is 1. The highest BCUT2D eigenvalue weighted by molar-refractivity contribution is 5.95. The number of ether oxygens (including phenoxy) is 1. The zero-order valence-corrected chi connectivity index (χ0v) is 15.7. The Balaban J connectivity index is 1.84. The molecule has 2 heterocycles. The largest absolute Gasteiger partial charge is 0.481 e. The van der Waals surface area contributed by atoms with Crippen molar-refractivity contribution in [3.8, 4) is 5.69 Å². The molecule has 1 aliphatic heterocycles. The van der Waals surface area contributed by atoms with Crippen LogP contribution in [-0.4, -0.2) is 57.5 Å². The predicted molar refractivity (Wildman–Crippen MR) is 100 cm³/mol. The Labute approximate surface area is 158 Å². The minimum absolute atomic E-state index is 0.0329. The van der Waals surface area contributed by atoms with E-state index in [0.717, 1.165) is 29.8 Å². The number of aromatic nitrogens is 2. The van der Waals surface area contributed by atoms with Crippen molar-refractivity contribution < 1.29 is 19.4 Å². The maximum atomic E-state index is 13.1. The Bertz CT molecular complexity index is 824. The van der Waals surface area contributed by atoms with Gasteiger partial charge in [0.2, 0.25) is 0 Å². The van der Waals surface area contributed by atoms with Gasteiger partial charge in [-0.2, -0.15) is 5.10 Å². The van der Waals surface area contributed by atoms with Gasteiger partial charge in [-0.1, -0.05) is 18.2 Å². The Morgan fingerprint density at radius 2 is 2.11 bits per heavy atom. The first-order valence-corrected chi connectivity index (χ1v) is 9.20. The van der Waals surface area contributed by atoms with Crippen LogP contribution in [0.3, 0.4) is 0 Å². The molecule has 27 heavy (non-hydrogen) atoms. The smallest absolute Gasteiger partial charge is 0.305 e. The number of aryl methyl sites for hydroxylation is 1. The van der Waals surface area contributed by atoms with Crippen LogP contribution in [0.25, 0.3) is 5.69 Å². The highest BCUT2D eigenvalue weighted by Gasteiger charge is 2.26. The fourth-order valence-electron chi connectivity index (χ4n) is 3.37. The van der Waals surface area contributed by atoms with Crippen molar-refractivity contribution in [3.63, 3.8) is 0 Å². The van der Waals surface area contributed by atoms with Gasteiger partial charge in [0, 0.05) is 19.7 Å². The Morgan fingerprint density at radius 1 is 1.33 bits per heavy atom. The number of hydrogen-bond donors (Lipinski definition) is 1. The number of amides is 1. The van der Waals surface area contributed by atoms with Crippen molar-refractivity contribution in [1.82, 2.24) is 14.7 Å². The van der Waals surface area contributed by atoms with Gasteiger partial charge in [-0.25, -0.2) is 4.68 Å². The molecule has 0 aliphatic carbocycles. The lowest BCUT2D eigenvalue weighted by Crippen LogP contribution is -2.39. The van der Waals surface area contributed by atoms with Crippen LogP contribution in [0.1, 0.15) is 40.9 Å². The van der Waals surface area contributed by atoms with E-state index in [9.17, 15) is 9.59 Å². The summed E-state index contributed by atoms with van der Waals surface area (Å²) >= 11 is 0. The number of carbonyl (C=O) groups excluding carboxylic acids is 1. The molecule has 1 N–H and O–H groups in total. The van der Waals surface area contributed by atoms with Crippen LogP contribution in [0.4, 0.5) is 0 Å². The van der Waals surface area contributed by atoms with E-state index in [2.05, 4.69) is 5.10 Å². The molecule has 0 unspecified atom stereocenters. The van der Waals surface area contributed by atoms with Gasteiger partial charge in [-0.3, -0.25) is 9.59 Å². The minimum atomic E-state index is -0.924. The molecular formula is C20H25N3O4. The maximum absolute atomic E-state index is 13.1. The average Bonchev–Trinajstić information content (AvgIpc) is 3.28. The molecule has 0 bridgehead atoms. The van der Waals surface area contributed by atoms with Crippen molar-refractivity contribution in [2.75, 3.05) is 19.7 Å². The number of carboxylic acid groups (broad SMARTS) is 1. The molecule has 7 heteroatoms. The first-order chi connectivity index (χ1) is 13.0. The summed E-state index contributed by atoms with van der Waals surface area (Å²) < 4.78 is 7.39. The van der Waals surface area contributed by atoms with Crippen LogP contribution in [0.2, 0.25) is 0 Å². The van der Waals surface area contributed by atoms with Crippen molar-refractivity contribution >= 4 is 11.9 Å². The van der Waals surface area contributed by atoms with Gasteiger partial charge in [0.1, 0.15) is 0 Å². The monoisotopic (exact) mass is 371 g/mol. The van der Waals surface area contributed by atoms with Gasteiger partial charge in [-0.05, 0) is 38.3 Å². The fourth-order valence-corrected chi connectivity index (χ4v) is 3.37. The van der Waals surface area contributed by atoms with Crippen LogP contribution < -0.4 is 0 Å². The predicted octanol–water partition coefficient (Wildman–Crippen LogP) is 2.59. The van der Waals surface area contributed by atoms with Gasteiger partial charge in [0.15, 0.2) is 0 Å². The van der Waals surface area contributed by atoms with Crippen molar-refractivity contribution in [1.29, 1.82) is 0 Å². The van der Waals surface area contributed by atoms with Gasteiger partial charge in [-0.15, -0.1) is 0 Å². The standard InChI is InChI=1S/C20H25N3O4/c1-14-6-3-4-8-18(14)23-15(2)17(12-21-23)20(26)22(10-9-19(24)25)13-16-7-5-11-27-16/h3-4,6,8,12,16H,5,7,9-11,13H2,1-2H3,(H,24,25)/t16-/m0/s1.